The van der Waals surface area contributed by atoms with Crippen LogP contribution >= 0.6 is 0 Å². The largest absolute Gasteiger partial charge is 0.396 e. The molecule has 37 heavy (non-hydrogen) atoms. The van der Waals surface area contributed by atoms with Gasteiger partial charge in [0.25, 0.3) is 0 Å². The molecule has 0 atom stereocenters. The van der Waals surface area contributed by atoms with Crippen molar-refractivity contribution in [2.24, 2.45) is 0 Å². The van der Waals surface area contributed by atoms with Gasteiger partial charge in [0, 0.05) is 54.0 Å². The van der Waals surface area contributed by atoms with E-state index >= 15 is 0 Å². The number of hydrogen-bond donors (Lipinski definition) is 1. The van der Waals surface area contributed by atoms with Crippen LogP contribution in [-0.4, -0.2) is 57.6 Å². The SMILES string of the molecule is C.O=CCCCOCCCOCc1ccccc1.OCCCCOCCCOCc1ccccc1.[2H]CC. The number of carbonyl (C=O) groups is 1. The predicted octanol–water partition coefficient (Wildman–Crippen LogP) is 6.63. The molecule has 2 aromatic carbocycles. The number of unbranched alkanes of at least 4 members (excludes halogenated alkanes) is 2. The fraction of sp³-hybridized carbons (Fsp3) is 0.581. The van der Waals surface area contributed by atoms with E-state index in [9.17, 15) is 4.79 Å². The molecule has 0 heterocycles. The maximum Gasteiger partial charge on any atom is 0.120 e. The molecular weight excluding hydrogens is 468 g/mol. The average molecular weight is 522 g/mol. The second-order valence-corrected chi connectivity index (χ2v) is 7.75. The van der Waals surface area contributed by atoms with E-state index in [4.69, 9.17) is 25.4 Å². The fourth-order valence-corrected chi connectivity index (χ4v) is 2.84. The fourth-order valence-electron chi connectivity index (χ4n) is 2.84. The molecule has 0 amide bonds. The van der Waals surface area contributed by atoms with E-state index in [-0.39, 0.29) is 14.0 Å². The minimum Gasteiger partial charge on any atom is -0.396 e. The summed E-state index contributed by atoms with van der Waals surface area (Å²) in [6.07, 6.45) is 5.90. The zero-order valence-electron chi connectivity index (χ0n) is 23.2. The van der Waals surface area contributed by atoms with Gasteiger partial charge < -0.3 is 28.8 Å². The van der Waals surface area contributed by atoms with E-state index in [1.165, 1.54) is 11.1 Å². The van der Waals surface area contributed by atoms with Gasteiger partial charge in [-0.3, -0.25) is 0 Å². The number of aldehydes is 1. The van der Waals surface area contributed by atoms with Gasteiger partial charge in [0.1, 0.15) is 6.29 Å². The molecular formula is C31H52O6. The highest BCUT2D eigenvalue weighted by Gasteiger charge is 1.94. The molecule has 0 saturated carbocycles. The van der Waals surface area contributed by atoms with Gasteiger partial charge >= 0.3 is 0 Å². The average Bonchev–Trinajstić information content (AvgIpc) is 2.93. The lowest BCUT2D eigenvalue weighted by molar-refractivity contribution is -0.108. The van der Waals surface area contributed by atoms with Gasteiger partial charge in [-0.15, -0.1) is 0 Å². The van der Waals surface area contributed by atoms with Gasteiger partial charge in [0.2, 0.25) is 0 Å². The Labute approximate surface area is 227 Å². The zero-order valence-corrected chi connectivity index (χ0v) is 22.2. The molecule has 6 nitrogen and oxygen atoms in total. The van der Waals surface area contributed by atoms with Crippen molar-refractivity contribution >= 4 is 6.29 Å². The van der Waals surface area contributed by atoms with Crippen molar-refractivity contribution in [1.29, 1.82) is 0 Å². The van der Waals surface area contributed by atoms with Crippen LogP contribution in [0.3, 0.4) is 0 Å². The second-order valence-electron chi connectivity index (χ2n) is 7.75. The van der Waals surface area contributed by atoms with Gasteiger partial charge in [-0.25, -0.2) is 0 Å². The first-order valence-electron chi connectivity index (χ1n) is 13.7. The van der Waals surface area contributed by atoms with Crippen molar-refractivity contribution in [2.45, 2.75) is 73.0 Å². The molecule has 6 heteroatoms. The van der Waals surface area contributed by atoms with Crippen LogP contribution < -0.4 is 0 Å². The van der Waals surface area contributed by atoms with Crippen LogP contribution in [0, 0.1) is 0 Å². The summed E-state index contributed by atoms with van der Waals surface area (Å²) in [5.41, 5.74) is 2.40. The van der Waals surface area contributed by atoms with Gasteiger partial charge in [-0.1, -0.05) is 81.9 Å². The Kier molecular flexibility index (Phi) is 30.1. The molecule has 2 aromatic rings. The topological polar surface area (TPSA) is 74.2 Å². The van der Waals surface area contributed by atoms with Crippen LogP contribution in [0.5, 0.6) is 0 Å². The molecule has 0 unspecified atom stereocenters. The third kappa shape index (κ3) is 26.8. The summed E-state index contributed by atoms with van der Waals surface area (Å²) in [5, 5.41) is 8.57. The second kappa shape index (κ2) is 31.9. The number of rotatable bonds is 20. The number of ether oxygens (including phenoxy) is 4. The van der Waals surface area contributed by atoms with E-state index in [0.29, 0.717) is 46.4 Å². The van der Waals surface area contributed by atoms with Crippen LogP contribution in [0.25, 0.3) is 0 Å². The molecule has 0 radical (unpaired) electrons. The highest BCUT2D eigenvalue weighted by atomic mass is 16.5. The molecule has 0 aromatic heterocycles. The minimum absolute atomic E-state index is 0. The lowest BCUT2D eigenvalue weighted by Gasteiger charge is -2.05. The van der Waals surface area contributed by atoms with Crippen LogP contribution in [0.4, 0.5) is 0 Å². The lowest BCUT2D eigenvalue weighted by atomic mass is 10.2. The van der Waals surface area contributed by atoms with Gasteiger partial charge in [-0.05, 0) is 43.2 Å². The molecule has 212 valence electrons. The third-order valence-corrected chi connectivity index (χ3v) is 4.69. The van der Waals surface area contributed by atoms with Crippen molar-refractivity contribution in [3.63, 3.8) is 0 Å². The maximum absolute atomic E-state index is 10.0. The summed E-state index contributed by atoms with van der Waals surface area (Å²) < 4.78 is 28.0. The van der Waals surface area contributed by atoms with E-state index in [1.807, 2.05) is 36.4 Å². The predicted molar refractivity (Wildman–Crippen MR) is 153 cm³/mol. The summed E-state index contributed by atoms with van der Waals surface area (Å²) in [6, 6.07) is 20.3. The number of aliphatic hydroxyl groups is 1. The first-order valence-corrected chi connectivity index (χ1v) is 13.0. The first-order chi connectivity index (χ1) is 18.3. The van der Waals surface area contributed by atoms with Crippen LogP contribution in [0.15, 0.2) is 60.7 Å². The maximum atomic E-state index is 10.0. The lowest BCUT2D eigenvalue weighted by Crippen LogP contribution is -2.02. The normalized spacial score (nSPS) is 10.2. The summed E-state index contributed by atoms with van der Waals surface area (Å²) in [6.45, 7) is 8.16. The van der Waals surface area contributed by atoms with E-state index in [1.54, 1.807) is 6.92 Å². The highest BCUT2D eigenvalue weighted by Crippen LogP contribution is 2.02. The molecule has 0 saturated heterocycles. The summed E-state index contributed by atoms with van der Waals surface area (Å²) in [5.74, 6) is 0. The third-order valence-electron chi connectivity index (χ3n) is 4.69. The molecule has 0 aliphatic rings. The highest BCUT2D eigenvalue weighted by molar-refractivity contribution is 5.48. The monoisotopic (exact) mass is 521 g/mol. The number of aliphatic hydroxyl groups excluding tert-OH is 1. The van der Waals surface area contributed by atoms with E-state index in [2.05, 4.69) is 24.3 Å². The van der Waals surface area contributed by atoms with Crippen LogP contribution in [0.2, 0.25) is 0 Å². The Bertz CT molecular complexity index is 687. The Balaban J connectivity index is 0. The van der Waals surface area contributed by atoms with Crippen molar-refractivity contribution in [2.75, 3.05) is 46.2 Å². The Morgan fingerprint density at radius 1 is 0.676 bits per heavy atom. The molecule has 0 fully saturated rings. The van der Waals surface area contributed by atoms with Gasteiger partial charge in [0.05, 0.1) is 13.2 Å². The molecule has 0 aliphatic carbocycles. The van der Waals surface area contributed by atoms with E-state index in [0.717, 1.165) is 58.2 Å². The van der Waals surface area contributed by atoms with Crippen LogP contribution in [0.1, 0.15) is 72.3 Å². The van der Waals surface area contributed by atoms with Crippen molar-refractivity contribution in [1.82, 2.24) is 0 Å². The zero-order chi connectivity index (χ0) is 27.1. The Hall–Kier alpha value is -2.09. The quantitative estimate of drug-likeness (QED) is 0.156. The Morgan fingerprint density at radius 2 is 1.08 bits per heavy atom. The van der Waals surface area contributed by atoms with Crippen molar-refractivity contribution < 1.29 is 30.2 Å². The number of hydrogen-bond acceptors (Lipinski definition) is 6. The summed E-state index contributed by atoms with van der Waals surface area (Å²) in [7, 11) is 0. The standard InChI is InChI=1S/C14H22O3.C14H20O3.C2H6.CH4/c2*15-9-4-5-10-16-11-6-12-17-13-14-7-2-1-3-8-14;1-2;/h1-3,7-8,15H,4-6,9-13H2;1-3,7-9H,4-6,10-13H2;1-2H3;1H4/i;;1D;. The van der Waals surface area contributed by atoms with Crippen LogP contribution in [-0.2, 0) is 37.0 Å². The van der Waals surface area contributed by atoms with Crippen molar-refractivity contribution in [3.8, 4) is 0 Å². The van der Waals surface area contributed by atoms with Gasteiger partial charge in [0.15, 0.2) is 0 Å². The number of carbonyl (C=O) groups excluding carboxylic acids is 1. The molecule has 0 aliphatic heterocycles. The summed E-state index contributed by atoms with van der Waals surface area (Å²) >= 11 is 0. The van der Waals surface area contributed by atoms with E-state index < -0.39 is 0 Å². The minimum atomic E-state index is 0. The number of benzene rings is 2. The van der Waals surface area contributed by atoms with Gasteiger partial charge in [-0.2, -0.15) is 0 Å². The molecule has 1 N–H and O–H groups in total. The van der Waals surface area contributed by atoms with Crippen molar-refractivity contribution in [3.05, 3.63) is 71.8 Å². The molecule has 0 bridgehead atoms. The first kappa shape index (κ1) is 34.9. The molecule has 0 spiro atoms. The Morgan fingerprint density at radius 3 is 1.51 bits per heavy atom. The summed E-state index contributed by atoms with van der Waals surface area (Å²) in [4.78, 5) is 10.0. The molecule has 2 rings (SSSR count). The smallest absolute Gasteiger partial charge is 0.120 e.